The molecule has 0 unspecified atom stereocenters. The standard InChI is InChI=1S/C22H22F2N6O3S/c1-34(32,33)30-11-9-29(10-12-30)21(31)15-3-2-4-18(13-15)27-22-25-14-19(24)20(28-22)26-17-7-5-16(23)6-8-17/h2-8,13-14H,9-12H2,1H3,(H2,25,26,27,28). The summed E-state index contributed by atoms with van der Waals surface area (Å²) in [5.74, 6) is -1.33. The van der Waals surface area contributed by atoms with Gasteiger partial charge in [0, 0.05) is 43.1 Å². The molecule has 2 N–H and O–H groups in total. The highest BCUT2D eigenvalue weighted by Gasteiger charge is 2.26. The van der Waals surface area contributed by atoms with Crippen LogP contribution in [0.4, 0.5) is 31.9 Å². The molecule has 178 valence electrons. The monoisotopic (exact) mass is 488 g/mol. The molecular formula is C22H22F2N6O3S. The number of aromatic nitrogens is 2. The van der Waals surface area contributed by atoms with Crippen LogP contribution < -0.4 is 10.6 Å². The lowest BCUT2D eigenvalue weighted by Crippen LogP contribution is -2.50. The van der Waals surface area contributed by atoms with E-state index in [1.54, 1.807) is 29.2 Å². The molecule has 1 aliphatic rings. The van der Waals surface area contributed by atoms with E-state index < -0.39 is 21.7 Å². The van der Waals surface area contributed by atoms with E-state index in [1.807, 2.05) is 0 Å². The van der Waals surface area contributed by atoms with Crippen molar-refractivity contribution in [1.29, 1.82) is 0 Å². The van der Waals surface area contributed by atoms with Gasteiger partial charge in [-0.2, -0.15) is 9.29 Å². The van der Waals surface area contributed by atoms with Gasteiger partial charge in [-0.1, -0.05) is 6.07 Å². The Morgan fingerprint density at radius 2 is 1.68 bits per heavy atom. The molecule has 1 saturated heterocycles. The van der Waals surface area contributed by atoms with E-state index in [0.717, 1.165) is 12.5 Å². The van der Waals surface area contributed by atoms with Gasteiger partial charge in [0.2, 0.25) is 16.0 Å². The van der Waals surface area contributed by atoms with Crippen molar-refractivity contribution >= 4 is 39.1 Å². The first-order chi connectivity index (χ1) is 16.2. The molecule has 1 aliphatic heterocycles. The molecule has 1 amide bonds. The summed E-state index contributed by atoms with van der Waals surface area (Å²) in [4.78, 5) is 22.5. The molecule has 0 atom stereocenters. The quantitative estimate of drug-likeness (QED) is 0.549. The van der Waals surface area contributed by atoms with Crippen molar-refractivity contribution in [2.75, 3.05) is 43.1 Å². The molecule has 34 heavy (non-hydrogen) atoms. The van der Waals surface area contributed by atoms with E-state index in [4.69, 9.17) is 0 Å². The van der Waals surface area contributed by atoms with Gasteiger partial charge in [-0.15, -0.1) is 0 Å². The summed E-state index contributed by atoms with van der Waals surface area (Å²) in [6, 6.07) is 12.0. The average molecular weight is 489 g/mol. The van der Waals surface area contributed by atoms with Crippen LogP contribution in [0.25, 0.3) is 0 Å². The van der Waals surface area contributed by atoms with Gasteiger partial charge in [-0.25, -0.2) is 22.2 Å². The minimum Gasteiger partial charge on any atom is -0.338 e. The lowest BCUT2D eigenvalue weighted by Gasteiger charge is -2.33. The third-order valence-electron chi connectivity index (χ3n) is 5.21. The third kappa shape index (κ3) is 5.64. The maximum Gasteiger partial charge on any atom is 0.254 e. The molecule has 4 rings (SSSR count). The fraction of sp³-hybridized carbons (Fsp3) is 0.227. The first kappa shape index (κ1) is 23.5. The largest absolute Gasteiger partial charge is 0.338 e. The number of anilines is 4. The Labute approximate surface area is 195 Å². The van der Waals surface area contributed by atoms with Gasteiger partial charge >= 0.3 is 0 Å². The van der Waals surface area contributed by atoms with Crippen molar-refractivity contribution in [2.24, 2.45) is 0 Å². The van der Waals surface area contributed by atoms with Crippen LogP contribution in [0.2, 0.25) is 0 Å². The maximum atomic E-state index is 14.2. The number of sulfonamides is 1. The molecule has 2 aromatic carbocycles. The maximum absolute atomic E-state index is 14.2. The second-order valence-corrected chi connectivity index (χ2v) is 9.66. The number of amides is 1. The van der Waals surface area contributed by atoms with Crippen molar-refractivity contribution in [3.8, 4) is 0 Å². The third-order valence-corrected chi connectivity index (χ3v) is 6.51. The summed E-state index contributed by atoms with van der Waals surface area (Å²) in [6.07, 6.45) is 2.15. The van der Waals surface area contributed by atoms with Gasteiger partial charge in [-0.3, -0.25) is 4.79 Å². The normalized spacial score (nSPS) is 14.6. The number of halogens is 2. The molecule has 9 nitrogen and oxygen atoms in total. The average Bonchev–Trinajstić information content (AvgIpc) is 2.82. The van der Waals surface area contributed by atoms with Gasteiger partial charge in [0.15, 0.2) is 11.6 Å². The minimum atomic E-state index is -3.29. The SMILES string of the molecule is CS(=O)(=O)N1CCN(C(=O)c2cccc(Nc3ncc(F)c(Nc4ccc(F)cc4)n3)c2)CC1. The Morgan fingerprint density at radius 3 is 2.35 bits per heavy atom. The summed E-state index contributed by atoms with van der Waals surface area (Å²) >= 11 is 0. The number of hydrogen-bond acceptors (Lipinski definition) is 7. The van der Waals surface area contributed by atoms with E-state index in [0.29, 0.717) is 30.0 Å². The Balaban J connectivity index is 1.45. The van der Waals surface area contributed by atoms with Gasteiger partial charge < -0.3 is 15.5 Å². The Hall–Kier alpha value is -3.64. The summed E-state index contributed by atoms with van der Waals surface area (Å²) < 4.78 is 52.0. The predicted molar refractivity (Wildman–Crippen MR) is 124 cm³/mol. The molecular weight excluding hydrogens is 466 g/mol. The van der Waals surface area contributed by atoms with E-state index in [9.17, 15) is 22.0 Å². The Bertz CT molecular complexity index is 1300. The van der Waals surface area contributed by atoms with Crippen LogP contribution in [0.1, 0.15) is 10.4 Å². The zero-order valence-corrected chi connectivity index (χ0v) is 19.0. The smallest absolute Gasteiger partial charge is 0.254 e. The van der Waals surface area contributed by atoms with Crippen LogP contribution in [-0.4, -0.2) is 65.9 Å². The first-order valence-electron chi connectivity index (χ1n) is 10.4. The van der Waals surface area contributed by atoms with Crippen molar-refractivity contribution in [3.05, 3.63) is 71.9 Å². The molecule has 0 saturated carbocycles. The second kappa shape index (κ2) is 9.69. The number of carbonyl (C=O) groups is 1. The van der Waals surface area contributed by atoms with E-state index in [2.05, 4.69) is 20.6 Å². The first-order valence-corrected chi connectivity index (χ1v) is 12.2. The molecule has 3 aromatic rings. The van der Waals surface area contributed by atoms with Gasteiger partial charge in [0.05, 0.1) is 12.5 Å². The van der Waals surface area contributed by atoms with Crippen molar-refractivity contribution in [2.45, 2.75) is 0 Å². The van der Waals surface area contributed by atoms with E-state index in [-0.39, 0.29) is 30.8 Å². The van der Waals surface area contributed by atoms with E-state index in [1.165, 1.54) is 28.6 Å². The van der Waals surface area contributed by atoms with Crippen LogP contribution in [-0.2, 0) is 10.0 Å². The molecule has 2 heterocycles. The fourth-order valence-electron chi connectivity index (χ4n) is 3.45. The summed E-state index contributed by atoms with van der Waals surface area (Å²) in [7, 11) is -3.29. The van der Waals surface area contributed by atoms with E-state index >= 15 is 0 Å². The number of carbonyl (C=O) groups excluding carboxylic acids is 1. The summed E-state index contributed by atoms with van der Waals surface area (Å²) in [5.41, 5.74) is 1.37. The molecule has 1 aromatic heterocycles. The summed E-state index contributed by atoms with van der Waals surface area (Å²) in [6.45, 7) is 1.08. The van der Waals surface area contributed by atoms with Gasteiger partial charge in [-0.05, 0) is 42.5 Å². The number of rotatable bonds is 6. The Morgan fingerprint density at radius 1 is 0.971 bits per heavy atom. The van der Waals surface area contributed by atoms with Gasteiger partial charge in [0.1, 0.15) is 5.82 Å². The van der Waals surface area contributed by atoms with Crippen LogP contribution in [0.3, 0.4) is 0 Å². The number of benzene rings is 2. The molecule has 0 bridgehead atoms. The van der Waals surface area contributed by atoms with Crippen molar-refractivity contribution in [1.82, 2.24) is 19.2 Å². The fourth-order valence-corrected chi connectivity index (χ4v) is 4.28. The highest BCUT2D eigenvalue weighted by atomic mass is 32.2. The van der Waals surface area contributed by atoms with Crippen molar-refractivity contribution < 1.29 is 22.0 Å². The molecule has 0 spiro atoms. The zero-order chi connectivity index (χ0) is 24.3. The summed E-state index contributed by atoms with van der Waals surface area (Å²) in [5, 5.41) is 5.72. The van der Waals surface area contributed by atoms with Crippen molar-refractivity contribution in [3.63, 3.8) is 0 Å². The molecule has 12 heteroatoms. The second-order valence-electron chi connectivity index (χ2n) is 7.68. The number of hydrogen-bond donors (Lipinski definition) is 2. The lowest BCUT2D eigenvalue weighted by atomic mass is 10.1. The van der Waals surface area contributed by atoms with Crippen LogP contribution in [0.15, 0.2) is 54.7 Å². The topological polar surface area (TPSA) is 108 Å². The number of piperazine rings is 1. The lowest BCUT2D eigenvalue weighted by molar-refractivity contribution is 0.0698. The highest BCUT2D eigenvalue weighted by molar-refractivity contribution is 7.88. The van der Waals surface area contributed by atoms with Crippen LogP contribution in [0, 0.1) is 11.6 Å². The Kier molecular flexibility index (Phi) is 6.70. The molecule has 1 fully saturated rings. The predicted octanol–water partition coefficient (Wildman–Crippen LogP) is 2.96. The van der Waals surface area contributed by atoms with Crippen LogP contribution >= 0.6 is 0 Å². The van der Waals surface area contributed by atoms with Gasteiger partial charge in [0.25, 0.3) is 5.91 Å². The number of nitrogens with one attached hydrogen (secondary N) is 2. The zero-order valence-electron chi connectivity index (χ0n) is 18.2. The molecule has 0 aliphatic carbocycles. The highest BCUT2D eigenvalue weighted by Crippen LogP contribution is 2.22. The minimum absolute atomic E-state index is 0.0948. The number of nitrogens with zero attached hydrogens (tertiary/aromatic N) is 4. The molecule has 0 radical (unpaired) electrons. The van der Waals surface area contributed by atoms with Crippen LogP contribution in [0.5, 0.6) is 0 Å².